The van der Waals surface area contributed by atoms with Crippen LogP contribution in [0.2, 0.25) is 0 Å². The molecule has 107 heavy (non-hydrogen) atoms. The quantitative estimate of drug-likeness (QED) is 0.0604. The summed E-state index contributed by atoms with van der Waals surface area (Å²) in [5.74, 6) is 7.18. The van der Waals surface area contributed by atoms with Crippen LogP contribution in [0.1, 0.15) is 207 Å². The number of aromatic nitrogens is 8. The Hall–Kier alpha value is -9.38. The zero-order chi connectivity index (χ0) is 74.3. The second kappa shape index (κ2) is 25.9. The molecule has 0 aliphatic carbocycles. The second-order valence-electron chi connectivity index (χ2n) is 34.8. The van der Waals surface area contributed by atoms with Crippen LogP contribution >= 0.6 is 0 Å². The number of rotatable bonds is 14. The average Bonchev–Trinajstić information content (AvgIpc) is 1.66. The Bertz CT molecular complexity index is 5490. The molecule has 0 spiro atoms. The minimum atomic E-state index is -0.116. The van der Waals surface area contributed by atoms with Gasteiger partial charge in [-0.25, -0.2) is 9.97 Å². The van der Waals surface area contributed by atoms with Crippen molar-refractivity contribution >= 4 is 90.9 Å². The van der Waals surface area contributed by atoms with E-state index in [0.717, 1.165) is 80.5 Å². The van der Waals surface area contributed by atoms with E-state index in [2.05, 4.69) is 330 Å². The molecule has 10 heterocycles. The number of nitrogens with zero attached hydrogens (tertiary/aromatic N) is 10. The first-order chi connectivity index (χ1) is 50.6. The maximum Gasteiger partial charge on any atom is 2.00 e. The van der Waals surface area contributed by atoms with Crippen molar-refractivity contribution in [3.8, 4) is 45.8 Å². The molecule has 18 rings (SSSR count). The van der Waals surface area contributed by atoms with Crippen LogP contribution in [0.4, 0.5) is 11.4 Å². The van der Waals surface area contributed by atoms with E-state index in [4.69, 9.17) is 29.4 Å². The summed E-state index contributed by atoms with van der Waals surface area (Å²) in [5.41, 5.74) is 22.0. The Kier molecular flexibility index (Phi) is 17.4. The van der Waals surface area contributed by atoms with E-state index in [9.17, 15) is 0 Å². The summed E-state index contributed by atoms with van der Waals surface area (Å²) < 4.78 is 22.9. The molecule has 12 nitrogen and oxygen atoms in total. The Balaban J connectivity index is 0.000000162. The number of para-hydroxylation sites is 2. The zero-order valence-electron chi connectivity index (χ0n) is 65.8. The molecule has 0 fully saturated rings. The van der Waals surface area contributed by atoms with Gasteiger partial charge in [-0.05, 0) is 127 Å². The van der Waals surface area contributed by atoms with Gasteiger partial charge < -0.3 is 32.5 Å². The van der Waals surface area contributed by atoms with E-state index in [0.29, 0.717) is 47.0 Å². The number of ether oxygens (including phenoxy) is 2. The van der Waals surface area contributed by atoms with Crippen LogP contribution in [0.15, 0.2) is 171 Å². The molecule has 8 aromatic carbocycles. The Labute approximate surface area is 646 Å². The smallest absolute Gasteiger partial charge is 0.497 e. The molecule has 4 aliphatic heterocycles. The van der Waals surface area contributed by atoms with Crippen molar-refractivity contribution in [1.29, 1.82) is 0 Å². The summed E-state index contributed by atoms with van der Waals surface area (Å²) in [5, 5.41) is 6.83. The standard InChI is InChI=1S/C46H50BN5O.C46H48BN5O.Pt/c2*1-27(2)26-51-39-20-18-31(24-37(39)43-48-21-22-50(43)47(51)41-32(28(3)4)13-11-14-33(41)29(5)6)53-30-17-19-34-35-15-12-16-38-42(35)52-40(46(9,10)45(38,7)8)25-49-44(52)36(34)23-30;/h11-25,27-29H,26H2,1-10H3;11-22,25,27-29H,26H2,1-10H3;/q;-2;+2. The summed E-state index contributed by atoms with van der Waals surface area (Å²) in [6.45, 7) is 48.2. The summed E-state index contributed by atoms with van der Waals surface area (Å²) >= 11 is 0. The van der Waals surface area contributed by atoms with Crippen LogP contribution in [0.5, 0.6) is 23.0 Å². The molecule has 544 valence electrons. The molecule has 14 aromatic rings. The largest absolute Gasteiger partial charge is 2.00 e. The SMILES string of the molecule is CC(C)CN1B(c2c(C(C)C)cccc2C(C)C)n2ccnc2-c2[c-]c(Oc3[c-]c4c(cc3)c3cccc5c3n3c(cnc43)C(C)(C)C5(C)C)ccc21.CC(C)CN1B(c2c(C(C)C)cccc2C(C)C)n2ccnc2-c2cc(Oc3ccc4c(c3)c3ncc5n3c3c(cccc43)C(C)(C)C5(C)C)ccc21.[Pt+2]. The minimum Gasteiger partial charge on any atom is -0.497 e. The Morgan fingerprint density at radius 3 is 1.42 bits per heavy atom. The number of hydrogen-bond acceptors (Lipinski definition) is 8. The van der Waals surface area contributed by atoms with Crippen LogP contribution in [-0.2, 0) is 42.7 Å². The van der Waals surface area contributed by atoms with Gasteiger partial charge in [0.2, 0.25) is 0 Å². The van der Waals surface area contributed by atoms with Crippen LogP contribution in [0.25, 0.3) is 77.4 Å². The fourth-order valence-corrected chi connectivity index (χ4v) is 18.4. The average molecular weight is 1590 g/mol. The fraction of sp³-hybridized carbons (Fsp3) is 0.348. The molecule has 4 aliphatic rings. The Morgan fingerprint density at radius 2 is 0.869 bits per heavy atom. The van der Waals surface area contributed by atoms with Gasteiger partial charge in [-0.15, -0.1) is 12.1 Å². The van der Waals surface area contributed by atoms with Crippen molar-refractivity contribution in [2.75, 3.05) is 22.7 Å². The van der Waals surface area contributed by atoms with Gasteiger partial charge in [-0.2, -0.15) is 0 Å². The van der Waals surface area contributed by atoms with Gasteiger partial charge in [0.25, 0.3) is 0 Å². The van der Waals surface area contributed by atoms with Crippen LogP contribution in [0, 0.1) is 24.0 Å². The van der Waals surface area contributed by atoms with Crippen molar-refractivity contribution in [2.24, 2.45) is 11.8 Å². The number of imidazole rings is 4. The fourth-order valence-electron chi connectivity index (χ4n) is 18.4. The van der Waals surface area contributed by atoms with E-state index >= 15 is 0 Å². The van der Waals surface area contributed by atoms with E-state index in [1.807, 2.05) is 18.5 Å². The molecule has 0 saturated carbocycles. The molecule has 0 unspecified atom stereocenters. The van der Waals surface area contributed by atoms with Gasteiger partial charge >= 0.3 is 35.0 Å². The van der Waals surface area contributed by atoms with E-state index < -0.39 is 0 Å². The van der Waals surface area contributed by atoms with Crippen LogP contribution in [-0.4, -0.2) is 64.7 Å². The molecule has 0 saturated heterocycles. The summed E-state index contributed by atoms with van der Waals surface area (Å²) in [7, 11) is 0. The maximum absolute atomic E-state index is 6.76. The van der Waals surface area contributed by atoms with Gasteiger partial charge in [-0.1, -0.05) is 258 Å². The van der Waals surface area contributed by atoms with Gasteiger partial charge in [0, 0.05) is 128 Å². The second-order valence-corrected chi connectivity index (χ2v) is 34.8. The van der Waals surface area contributed by atoms with Gasteiger partial charge in [0.1, 0.15) is 23.0 Å². The van der Waals surface area contributed by atoms with Gasteiger partial charge in [0.05, 0.1) is 11.2 Å². The van der Waals surface area contributed by atoms with Crippen molar-refractivity contribution in [2.45, 2.75) is 184 Å². The van der Waals surface area contributed by atoms with Gasteiger partial charge in [-0.3, -0.25) is 14.4 Å². The predicted molar refractivity (Wildman–Crippen MR) is 441 cm³/mol. The predicted octanol–water partition coefficient (Wildman–Crippen LogP) is 21.3. The van der Waals surface area contributed by atoms with Crippen LogP contribution < -0.4 is 30.0 Å². The normalized spacial score (nSPS) is 15.6. The van der Waals surface area contributed by atoms with Crippen LogP contribution in [0.3, 0.4) is 0 Å². The van der Waals surface area contributed by atoms with E-state index in [-0.39, 0.29) is 56.7 Å². The number of pyridine rings is 2. The summed E-state index contributed by atoms with van der Waals surface area (Å²) in [6.07, 6.45) is 12.3. The molecular formula is C92H98B2N10O2Pt. The van der Waals surface area contributed by atoms with E-state index in [1.54, 1.807) is 0 Å². The molecule has 0 bridgehead atoms. The molecular weight excluding hydrogens is 1490 g/mol. The first kappa shape index (κ1) is 71.9. The monoisotopic (exact) mass is 1590 g/mol. The third-order valence-corrected chi connectivity index (χ3v) is 25.1. The van der Waals surface area contributed by atoms with Gasteiger partial charge in [0.15, 0.2) is 0 Å². The Morgan fingerprint density at radius 1 is 0.421 bits per heavy atom. The number of benzene rings is 8. The van der Waals surface area contributed by atoms with Crippen molar-refractivity contribution in [1.82, 2.24) is 37.7 Å². The third-order valence-electron chi connectivity index (χ3n) is 25.1. The molecule has 0 amide bonds. The van der Waals surface area contributed by atoms with Crippen molar-refractivity contribution in [3.05, 3.63) is 228 Å². The molecule has 0 N–H and O–H groups in total. The summed E-state index contributed by atoms with van der Waals surface area (Å²) in [4.78, 5) is 25.2. The zero-order valence-corrected chi connectivity index (χ0v) is 68.1. The van der Waals surface area contributed by atoms with Crippen molar-refractivity contribution in [3.63, 3.8) is 0 Å². The number of fused-ring (bicyclic) bond motifs is 12. The first-order valence-electron chi connectivity index (χ1n) is 38.7. The molecule has 0 radical (unpaired) electrons. The first-order valence-corrected chi connectivity index (χ1v) is 38.7. The molecule has 15 heteroatoms. The third kappa shape index (κ3) is 10.8. The summed E-state index contributed by atoms with van der Waals surface area (Å²) in [6, 6.07) is 56.0. The number of anilines is 2. The maximum atomic E-state index is 6.76. The van der Waals surface area contributed by atoms with Crippen molar-refractivity contribution < 1.29 is 30.5 Å². The number of hydrogen-bond donors (Lipinski definition) is 0. The topological polar surface area (TPSA) is 95.2 Å². The molecule has 6 aromatic heterocycles. The molecule has 0 atom stereocenters. The minimum absolute atomic E-state index is 0. The van der Waals surface area contributed by atoms with E-state index in [1.165, 1.54) is 88.6 Å².